The summed E-state index contributed by atoms with van der Waals surface area (Å²) in [5, 5.41) is 0. The molecule has 0 saturated carbocycles. The molecule has 22 heavy (non-hydrogen) atoms. The molecule has 0 fully saturated rings. The molecule has 109 valence electrons. The first-order valence-corrected chi connectivity index (χ1v) is 8.07. The van der Waals surface area contributed by atoms with Crippen molar-refractivity contribution in [1.82, 2.24) is 0 Å². The van der Waals surface area contributed by atoms with Gasteiger partial charge < -0.3 is 0 Å². The summed E-state index contributed by atoms with van der Waals surface area (Å²) in [7, 11) is 0. The summed E-state index contributed by atoms with van der Waals surface area (Å²) in [5.74, 6) is 0.384. The van der Waals surface area contributed by atoms with Crippen LogP contribution in [0.2, 0.25) is 0 Å². The summed E-state index contributed by atoms with van der Waals surface area (Å²) in [6.07, 6.45) is 7.77. The van der Waals surface area contributed by atoms with E-state index in [-0.39, 0.29) is 5.41 Å². The highest BCUT2D eigenvalue weighted by molar-refractivity contribution is 5.81. The third-order valence-corrected chi connectivity index (χ3v) is 4.86. The van der Waals surface area contributed by atoms with Gasteiger partial charge in [-0.2, -0.15) is 0 Å². The van der Waals surface area contributed by atoms with Crippen LogP contribution in [0.25, 0.3) is 11.1 Å². The molecule has 0 heterocycles. The van der Waals surface area contributed by atoms with Gasteiger partial charge in [-0.25, -0.2) is 0 Å². The Morgan fingerprint density at radius 3 is 2.64 bits per heavy atom. The van der Waals surface area contributed by atoms with E-state index in [1.165, 1.54) is 33.4 Å². The molecule has 4 rings (SSSR count). The van der Waals surface area contributed by atoms with Crippen molar-refractivity contribution in [2.75, 3.05) is 0 Å². The molecule has 2 aromatic rings. The van der Waals surface area contributed by atoms with E-state index in [0.29, 0.717) is 5.92 Å². The van der Waals surface area contributed by atoms with Crippen LogP contribution < -0.4 is 0 Å². The first kappa shape index (κ1) is 13.6. The molecule has 1 atom stereocenters. The van der Waals surface area contributed by atoms with Crippen molar-refractivity contribution in [3.8, 4) is 11.1 Å². The molecular weight excluding hydrogens is 264 g/mol. The second kappa shape index (κ2) is 4.71. The SMILES string of the molecule is CC(C)(C)c1c[c]c2c(c1)-c1ccccc1C2C1=CC=CC1. The lowest BCUT2D eigenvalue weighted by molar-refractivity contribution is 0.590. The minimum absolute atomic E-state index is 0.159. The van der Waals surface area contributed by atoms with Crippen molar-refractivity contribution in [3.05, 3.63) is 83.0 Å². The molecule has 0 heteroatoms. The first-order chi connectivity index (χ1) is 10.6. The fourth-order valence-electron chi connectivity index (χ4n) is 3.62. The number of hydrogen-bond acceptors (Lipinski definition) is 0. The van der Waals surface area contributed by atoms with Crippen molar-refractivity contribution in [2.24, 2.45) is 0 Å². The van der Waals surface area contributed by atoms with E-state index >= 15 is 0 Å². The molecule has 0 aliphatic heterocycles. The number of fused-ring (bicyclic) bond motifs is 3. The van der Waals surface area contributed by atoms with Crippen molar-refractivity contribution < 1.29 is 0 Å². The van der Waals surface area contributed by atoms with E-state index in [1.54, 1.807) is 0 Å². The van der Waals surface area contributed by atoms with Gasteiger partial charge in [0.15, 0.2) is 0 Å². The lowest BCUT2D eigenvalue weighted by Gasteiger charge is -2.21. The van der Waals surface area contributed by atoms with Gasteiger partial charge in [-0.15, -0.1) is 0 Å². The summed E-state index contributed by atoms with van der Waals surface area (Å²) in [6, 6.07) is 17.1. The highest BCUT2D eigenvalue weighted by atomic mass is 14.3. The van der Waals surface area contributed by atoms with Gasteiger partial charge in [0, 0.05) is 5.92 Å². The molecular formula is C22H21. The maximum Gasteiger partial charge on any atom is 0.0323 e. The monoisotopic (exact) mass is 285 g/mol. The zero-order valence-electron chi connectivity index (χ0n) is 13.5. The van der Waals surface area contributed by atoms with Gasteiger partial charge in [-0.05, 0) is 45.7 Å². The first-order valence-electron chi connectivity index (χ1n) is 8.07. The van der Waals surface area contributed by atoms with Crippen LogP contribution in [-0.2, 0) is 5.41 Å². The Labute approximate surface area is 133 Å². The Hall–Kier alpha value is -2.08. The van der Waals surface area contributed by atoms with Gasteiger partial charge in [-0.3, -0.25) is 0 Å². The zero-order chi connectivity index (χ0) is 15.3. The highest BCUT2D eigenvalue weighted by Gasteiger charge is 2.32. The average Bonchev–Trinajstić information content (AvgIpc) is 3.10. The molecule has 1 radical (unpaired) electrons. The lowest BCUT2D eigenvalue weighted by atomic mass is 9.83. The van der Waals surface area contributed by atoms with Crippen LogP contribution >= 0.6 is 0 Å². The van der Waals surface area contributed by atoms with Crippen molar-refractivity contribution in [2.45, 2.75) is 38.5 Å². The molecule has 0 nitrogen and oxygen atoms in total. The maximum atomic E-state index is 3.63. The normalized spacial score (nSPS) is 19.0. The molecule has 0 spiro atoms. The predicted molar refractivity (Wildman–Crippen MR) is 93.1 cm³/mol. The number of rotatable bonds is 1. The van der Waals surface area contributed by atoms with Crippen LogP contribution in [0.3, 0.4) is 0 Å². The molecule has 1 unspecified atom stereocenters. The van der Waals surface area contributed by atoms with Crippen molar-refractivity contribution in [3.63, 3.8) is 0 Å². The Bertz CT molecular complexity index is 797. The van der Waals surface area contributed by atoms with Crippen LogP contribution in [0.5, 0.6) is 0 Å². The van der Waals surface area contributed by atoms with E-state index in [0.717, 1.165) is 6.42 Å². The predicted octanol–water partition coefficient (Wildman–Crippen LogP) is 5.78. The Morgan fingerprint density at radius 1 is 1.09 bits per heavy atom. The Morgan fingerprint density at radius 2 is 1.91 bits per heavy atom. The standard InChI is InChI=1S/C22H21/c1-22(2,3)16-12-13-19-20(14-16)17-10-6-7-11-18(17)21(19)15-8-4-5-9-15/h4-8,10-12,14,21H,9H2,1-3H3. The molecule has 2 aliphatic rings. The Kier molecular flexibility index (Phi) is 2.91. The largest absolute Gasteiger partial charge is 0.0804 e. The van der Waals surface area contributed by atoms with Crippen molar-refractivity contribution >= 4 is 0 Å². The van der Waals surface area contributed by atoms with E-state index in [4.69, 9.17) is 0 Å². The van der Waals surface area contributed by atoms with Gasteiger partial charge in [0.05, 0.1) is 0 Å². The molecule has 0 bridgehead atoms. The zero-order valence-corrected chi connectivity index (χ0v) is 13.5. The smallest absolute Gasteiger partial charge is 0.0323 e. The summed E-state index contributed by atoms with van der Waals surface area (Å²) >= 11 is 0. The summed E-state index contributed by atoms with van der Waals surface area (Å²) in [6.45, 7) is 6.80. The van der Waals surface area contributed by atoms with Crippen molar-refractivity contribution in [1.29, 1.82) is 0 Å². The van der Waals surface area contributed by atoms with Crippen LogP contribution in [0.15, 0.2) is 60.2 Å². The van der Waals surface area contributed by atoms with Gasteiger partial charge in [0.2, 0.25) is 0 Å². The van der Waals surface area contributed by atoms with Crippen LogP contribution in [0.4, 0.5) is 0 Å². The van der Waals surface area contributed by atoms with E-state index in [2.05, 4.69) is 81.5 Å². The number of benzene rings is 2. The highest BCUT2D eigenvalue weighted by Crippen LogP contribution is 2.50. The lowest BCUT2D eigenvalue weighted by Crippen LogP contribution is -2.11. The maximum absolute atomic E-state index is 3.63. The fraction of sp³-hybridized carbons (Fsp3) is 0.273. The van der Waals surface area contributed by atoms with Crippen LogP contribution in [0, 0.1) is 6.07 Å². The summed E-state index contributed by atoms with van der Waals surface area (Å²) in [5.41, 5.74) is 8.57. The molecule has 0 saturated heterocycles. The quantitative estimate of drug-likeness (QED) is 0.622. The number of hydrogen-bond donors (Lipinski definition) is 0. The van der Waals surface area contributed by atoms with Gasteiger partial charge in [0.25, 0.3) is 0 Å². The topological polar surface area (TPSA) is 0 Å². The average molecular weight is 285 g/mol. The van der Waals surface area contributed by atoms with E-state index < -0.39 is 0 Å². The molecule has 0 N–H and O–H groups in total. The van der Waals surface area contributed by atoms with Crippen LogP contribution in [-0.4, -0.2) is 0 Å². The van der Waals surface area contributed by atoms with Crippen LogP contribution in [0.1, 0.15) is 49.8 Å². The third kappa shape index (κ3) is 1.98. The second-order valence-electron chi connectivity index (χ2n) is 7.36. The van der Waals surface area contributed by atoms with E-state index in [9.17, 15) is 0 Å². The minimum atomic E-state index is 0.159. The number of allylic oxidation sites excluding steroid dienone is 4. The van der Waals surface area contributed by atoms with Gasteiger partial charge >= 0.3 is 0 Å². The van der Waals surface area contributed by atoms with E-state index in [1.807, 2.05) is 0 Å². The molecule has 0 aromatic heterocycles. The third-order valence-electron chi connectivity index (χ3n) is 4.86. The van der Waals surface area contributed by atoms with Gasteiger partial charge in [0.1, 0.15) is 0 Å². The molecule has 0 amide bonds. The fourth-order valence-corrected chi connectivity index (χ4v) is 3.62. The van der Waals surface area contributed by atoms with Gasteiger partial charge in [-0.1, -0.05) is 81.0 Å². The molecule has 2 aromatic carbocycles. The second-order valence-corrected chi connectivity index (χ2v) is 7.36. The summed E-state index contributed by atoms with van der Waals surface area (Å²) < 4.78 is 0. The summed E-state index contributed by atoms with van der Waals surface area (Å²) in [4.78, 5) is 0. The molecule has 2 aliphatic carbocycles. The minimum Gasteiger partial charge on any atom is -0.0804 e. The Balaban J connectivity index is 1.93.